The Morgan fingerprint density at radius 1 is 1.17 bits per heavy atom. The minimum absolute atomic E-state index is 0.121. The van der Waals surface area contributed by atoms with Crippen LogP contribution in [-0.2, 0) is 4.74 Å². The molecular formula is C19H28N2O3. The van der Waals surface area contributed by atoms with Crippen LogP contribution in [0.3, 0.4) is 0 Å². The highest BCUT2D eigenvalue weighted by molar-refractivity contribution is 5.94. The maximum absolute atomic E-state index is 12.9. The molecule has 0 radical (unpaired) electrons. The van der Waals surface area contributed by atoms with Crippen molar-refractivity contribution in [3.63, 3.8) is 0 Å². The zero-order valence-electron chi connectivity index (χ0n) is 14.8. The first-order valence-electron chi connectivity index (χ1n) is 8.95. The number of hydrogen-bond donors (Lipinski definition) is 0. The summed E-state index contributed by atoms with van der Waals surface area (Å²) in [5.41, 5.74) is 1.78. The second-order valence-corrected chi connectivity index (χ2v) is 6.71. The molecule has 2 saturated heterocycles. The van der Waals surface area contributed by atoms with E-state index in [0.29, 0.717) is 6.04 Å². The van der Waals surface area contributed by atoms with E-state index in [-0.39, 0.29) is 5.91 Å². The number of aryl methyl sites for hydroxylation is 1. The maximum Gasteiger partial charge on any atom is 0.253 e. The Balaban J connectivity index is 1.63. The fourth-order valence-corrected chi connectivity index (χ4v) is 3.73. The van der Waals surface area contributed by atoms with Crippen molar-refractivity contribution in [1.82, 2.24) is 9.80 Å². The number of amides is 1. The van der Waals surface area contributed by atoms with Gasteiger partial charge in [0.25, 0.3) is 5.91 Å². The molecule has 0 N–H and O–H groups in total. The molecule has 2 fully saturated rings. The number of benzene rings is 1. The van der Waals surface area contributed by atoms with Gasteiger partial charge in [0.1, 0.15) is 5.75 Å². The molecule has 0 spiro atoms. The van der Waals surface area contributed by atoms with Crippen LogP contribution in [0.2, 0.25) is 0 Å². The van der Waals surface area contributed by atoms with Crippen molar-refractivity contribution in [2.24, 2.45) is 0 Å². The third kappa shape index (κ3) is 3.90. The average Bonchev–Trinajstić information content (AvgIpc) is 2.88. The van der Waals surface area contributed by atoms with Gasteiger partial charge in [-0.2, -0.15) is 0 Å². The molecule has 1 amide bonds. The van der Waals surface area contributed by atoms with Crippen LogP contribution >= 0.6 is 0 Å². The Hall–Kier alpha value is -1.59. The number of hydrogen-bond acceptors (Lipinski definition) is 4. The van der Waals surface area contributed by atoms with E-state index in [1.54, 1.807) is 7.11 Å². The summed E-state index contributed by atoms with van der Waals surface area (Å²) < 4.78 is 10.8. The zero-order chi connectivity index (χ0) is 16.9. The van der Waals surface area contributed by atoms with Crippen molar-refractivity contribution in [1.29, 1.82) is 0 Å². The van der Waals surface area contributed by atoms with Crippen molar-refractivity contribution in [2.75, 3.05) is 46.5 Å². The van der Waals surface area contributed by atoms with Crippen molar-refractivity contribution >= 4 is 5.91 Å². The number of methoxy groups -OCH3 is 1. The first-order chi connectivity index (χ1) is 11.7. The van der Waals surface area contributed by atoms with E-state index in [1.165, 1.54) is 6.42 Å². The van der Waals surface area contributed by atoms with Crippen LogP contribution < -0.4 is 4.74 Å². The number of rotatable bonds is 3. The number of likely N-dealkylation sites (tertiary alicyclic amines) is 1. The van der Waals surface area contributed by atoms with Gasteiger partial charge in [0.2, 0.25) is 0 Å². The molecule has 3 rings (SSSR count). The summed E-state index contributed by atoms with van der Waals surface area (Å²) in [6.07, 6.45) is 3.28. The predicted octanol–water partition coefficient (Wildman–Crippen LogP) is 2.33. The number of morpholine rings is 1. The molecule has 0 saturated carbocycles. The van der Waals surface area contributed by atoms with Gasteiger partial charge in [-0.05, 0) is 43.9 Å². The van der Waals surface area contributed by atoms with Crippen LogP contribution in [0.1, 0.15) is 35.2 Å². The lowest BCUT2D eigenvalue weighted by molar-refractivity contribution is 0.0135. The molecule has 2 aliphatic heterocycles. The maximum atomic E-state index is 12.9. The van der Waals surface area contributed by atoms with E-state index in [4.69, 9.17) is 9.47 Å². The lowest BCUT2D eigenvalue weighted by Gasteiger charge is -2.34. The molecule has 1 aromatic rings. The van der Waals surface area contributed by atoms with Crippen molar-refractivity contribution < 1.29 is 14.3 Å². The van der Waals surface area contributed by atoms with Gasteiger partial charge in [-0.25, -0.2) is 0 Å². The lowest BCUT2D eigenvalue weighted by Crippen LogP contribution is -2.44. The van der Waals surface area contributed by atoms with Crippen LogP contribution in [0.4, 0.5) is 0 Å². The molecular weight excluding hydrogens is 304 g/mol. The number of carbonyl (C=O) groups is 1. The minimum atomic E-state index is 0.121. The van der Waals surface area contributed by atoms with Crippen LogP contribution in [0.25, 0.3) is 0 Å². The van der Waals surface area contributed by atoms with Gasteiger partial charge >= 0.3 is 0 Å². The van der Waals surface area contributed by atoms with Gasteiger partial charge in [-0.3, -0.25) is 9.69 Å². The van der Waals surface area contributed by atoms with E-state index >= 15 is 0 Å². The Kier molecular flexibility index (Phi) is 5.74. The van der Waals surface area contributed by atoms with Gasteiger partial charge in [-0.1, -0.05) is 6.07 Å². The van der Waals surface area contributed by atoms with E-state index < -0.39 is 0 Å². The predicted molar refractivity (Wildman–Crippen MR) is 93.7 cm³/mol. The second-order valence-electron chi connectivity index (χ2n) is 6.71. The molecule has 1 aromatic carbocycles. The summed E-state index contributed by atoms with van der Waals surface area (Å²) in [6, 6.07) is 6.31. The average molecular weight is 332 g/mol. The van der Waals surface area contributed by atoms with E-state index in [1.807, 2.05) is 30.0 Å². The van der Waals surface area contributed by atoms with E-state index in [0.717, 1.165) is 69.1 Å². The van der Waals surface area contributed by atoms with Gasteiger partial charge < -0.3 is 14.4 Å². The van der Waals surface area contributed by atoms with Gasteiger partial charge in [0.15, 0.2) is 0 Å². The zero-order valence-corrected chi connectivity index (χ0v) is 14.8. The summed E-state index contributed by atoms with van der Waals surface area (Å²) >= 11 is 0. The van der Waals surface area contributed by atoms with Gasteiger partial charge in [0.05, 0.1) is 20.3 Å². The minimum Gasteiger partial charge on any atom is -0.496 e. The molecule has 1 unspecified atom stereocenters. The molecule has 24 heavy (non-hydrogen) atoms. The highest BCUT2D eigenvalue weighted by Crippen LogP contribution is 2.23. The smallest absolute Gasteiger partial charge is 0.253 e. The molecule has 5 nitrogen and oxygen atoms in total. The fraction of sp³-hybridized carbons (Fsp3) is 0.632. The van der Waals surface area contributed by atoms with E-state index in [9.17, 15) is 4.79 Å². The van der Waals surface area contributed by atoms with Crippen LogP contribution in [-0.4, -0.2) is 68.3 Å². The van der Waals surface area contributed by atoms with Gasteiger partial charge in [0, 0.05) is 37.8 Å². The lowest BCUT2D eigenvalue weighted by atomic mass is 10.1. The van der Waals surface area contributed by atoms with Crippen LogP contribution in [0.5, 0.6) is 5.75 Å². The SMILES string of the molecule is COc1cc(C(=O)N2CCCC(N3CCOCC3)CC2)ccc1C. The molecule has 1 atom stereocenters. The largest absolute Gasteiger partial charge is 0.496 e. The third-order valence-electron chi connectivity index (χ3n) is 5.20. The highest BCUT2D eigenvalue weighted by atomic mass is 16.5. The number of nitrogens with zero attached hydrogens (tertiary/aromatic N) is 2. The number of carbonyl (C=O) groups excluding carboxylic acids is 1. The normalized spacial score (nSPS) is 22.9. The Bertz CT molecular complexity index is 570. The molecule has 0 bridgehead atoms. The second kappa shape index (κ2) is 7.99. The molecule has 0 aliphatic carbocycles. The first-order valence-corrected chi connectivity index (χ1v) is 8.95. The summed E-state index contributed by atoms with van der Waals surface area (Å²) in [7, 11) is 1.65. The molecule has 132 valence electrons. The van der Waals surface area contributed by atoms with E-state index in [2.05, 4.69) is 4.90 Å². The third-order valence-corrected chi connectivity index (χ3v) is 5.20. The summed E-state index contributed by atoms with van der Waals surface area (Å²) in [6.45, 7) is 7.38. The summed E-state index contributed by atoms with van der Waals surface area (Å²) in [5.74, 6) is 0.901. The quantitative estimate of drug-likeness (QED) is 0.852. The van der Waals surface area contributed by atoms with Crippen LogP contribution in [0.15, 0.2) is 18.2 Å². The van der Waals surface area contributed by atoms with Gasteiger partial charge in [-0.15, -0.1) is 0 Å². The fourth-order valence-electron chi connectivity index (χ4n) is 3.73. The number of ether oxygens (including phenoxy) is 2. The van der Waals surface area contributed by atoms with Crippen molar-refractivity contribution in [3.05, 3.63) is 29.3 Å². The monoisotopic (exact) mass is 332 g/mol. The van der Waals surface area contributed by atoms with Crippen LogP contribution in [0, 0.1) is 6.92 Å². The topological polar surface area (TPSA) is 42.0 Å². The Morgan fingerprint density at radius 2 is 1.96 bits per heavy atom. The first kappa shape index (κ1) is 17.2. The standard InChI is InChI=1S/C19H28N2O3/c1-15-5-6-16(14-18(15)23-2)19(22)21-8-3-4-17(7-9-21)20-10-12-24-13-11-20/h5-6,14,17H,3-4,7-13H2,1-2H3. The Labute approximate surface area is 144 Å². The highest BCUT2D eigenvalue weighted by Gasteiger charge is 2.26. The summed E-state index contributed by atoms with van der Waals surface area (Å²) in [4.78, 5) is 17.4. The van der Waals surface area contributed by atoms with Crippen molar-refractivity contribution in [2.45, 2.75) is 32.2 Å². The molecule has 2 aliphatic rings. The molecule has 2 heterocycles. The molecule has 5 heteroatoms. The molecule has 0 aromatic heterocycles. The van der Waals surface area contributed by atoms with Crippen molar-refractivity contribution in [3.8, 4) is 5.75 Å². The Morgan fingerprint density at radius 3 is 2.71 bits per heavy atom. The summed E-state index contributed by atoms with van der Waals surface area (Å²) in [5, 5.41) is 0.